The summed E-state index contributed by atoms with van der Waals surface area (Å²) in [6, 6.07) is 5.06. The molecule has 0 aliphatic carbocycles. The van der Waals surface area contributed by atoms with Gasteiger partial charge >= 0.3 is 0 Å². The lowest BCUT2D eigenvalue weighted by molar-refractivity contribution is 0.630. The molecule has 2 rings (SSSR count). The van der Waals surface area contributed by atoms with Gasteiger partial charge in [-0.25, -0.2) is 9.37 Å². The summed E-state index contributed by atoms with van der Waals surface area (Å²) in [6.45, 7) is 1.89. The van der Waals surface area contributed by atoms with Crippen LogP contribution in [0.25, 0.3) is 10.6 Å². The number of nitrogens with zero attached hydrogens (tertiary/aromatic N) is 1. The normalized spacial score (nSPS) is 10.3. The zero-order valence-corrected chi connectivity index (χ0v) is 7.94. The molecule has 1 heterocycles. The monoisotopic (exact) mass is 193 g/mol. The molecule has 0 spiro atoms. The Morgan fingerprint density at radius 1 is 1.38 bits per heavy atom. The van der Waals surface area contributed by atoms with Crippen molar-refractivity contribution in [2.24, 2.45) is 0 Å². The predicted molar refractivity (Wildman–Crippen MR) is 52.2 cm³/mol. The molecule has 13 heavy (non-hydrogen) atoms. The Labute approximate surface area is 79.9 Å². The quantitative estimate of drug-likeness (QED) is 0.677. The van der Waals surface area contributed by atoms with E-state index in [1.165, 1.54) is 17.4 Å². The van der Waals surface area contributed by atoms with Gasteiger partial charge in [0.05, 0.1) is 0 Å². The molecule has 1 aromatic carbocycles. The van der Waals surface area contributed by atoms with E-state index < -0.39 is 0 Å². The molecule has 0 bridgehead atoms. The van der Waals surface area contributed by atoms with E-state index in [0.29, 0.717) is 5.56 Å². The van der Waals surface area contributed by atoms with Gasteiger partial charge in [-0.1, -0.05) is 12.1 Å². The Kier molecular flexibility index (Phi) is 2.10. The SMILES string of the molecule is Cc1cccc(F)c1-c1nccs1. The van der Waals surface area contributed by atoms with E-state index in [9.17, 15) is 4.39 Å². The molecule has 0 radical (unpaired) electrons. The van der Waals surface area contributed by atoms with E-state index in [0.717, 1.165) is 10.6 Å². The number of rotatable bonds is 1. The fourth-order valence-corrected chi connectivity index (χ4v) is 2.00. The second-order valence-electron chi connectivity index (χ2n) is 2.77. The maximum absolute atomic E-state index is 13.4. The van der Waals surface area contributed by atoms with Crippen LogP contribution in [0, 0.1) is 12.7 Å². The van der Waals surface area contributed by atoms with Gasteiger partial charge in [0.2, 0.25) is 0 Å². The lowest BCUT2D eigenvalue weighted by Gasteiger charge is -2.02. The first-order valence-corrected chi connectivity index (χ1v) is 4.82. The van der Waals surface area contributed by atoms with Gasteiger partial charge in [-0.15, -0.1) is 11.3 Å². The highest BCUT2D eigenvalue weighted by Gasteiger charge is 2.09. The van der Waals surface area contributed by atoms with Crippen molar-refractivity contribution in [3.05, 3.63) is 41.2 Å². The van der Waals surface area contributed by atoms with E-state index in [-0.39, 0.29) is 5.82 Å². The van der Waals surface area contributed by atoms with Crippen molar-refractivity contribution in [1.82, 2.24) is 4.98 Å². The van der Waals surface area contributed by atoms with Crippen molar-refractivity contribution in [3.63, 3.8) is 0 Å². The van der Waals surface area contributed by atoms with Crippen LogP contribution in [-0.2, 0) is 0 Å². The Hall–Kier alpha value is -1.22. The minimum atomic E-state index is -0.199. The number of aryl methyl sites for hydroxylation is 1. The van der Waals surface area contributed by atoms with E-state index in [4.69, 9.17) is 0 Å². The van der Waals surface area contributed by atoms with Crippen LogP contribution in [0.5, 0.6) is 0 Å². The summed E-state index contributed by atoms with van der Waals surface area (Å²) >= 11 is 1.45. The maximum Gasteiger partial charge on any atom is 0.133 e. The van der Waals surface area contributed by atoms with Gasteiger partial charge in [-0.2, -0.15) is 0 Å². The van der Waals surface area contributed by atoms with Crippen LogP contribution >= 0.6 is 11.3 Å². The van der Waals surface area contributed by atoms with E-state index in [2.05, 4.69) is 4.98 Å². The van der Waals surface area contributed by atoms with Crippen molar-refractivity contribution < 1.29 is 4.39 Å². The number of benzene rings is 1. The molecule has 0 fully saturated rings. The number of hydrogen-bond donors (Lipinski definition) is 0. The summed E-state index contributed by atoms with van der Waals surface area (Å²) < 4.78 is 13.4. The highest BCUT2D eigenvalue weighted by molar-refractivity contribution is 7.13. The van der Waals surface area contributed by atoms with Crippen LogP contribution in [0.4, 0.5) is 4.39 Å². The number of halogens is 1. The van der Waals surface area contributed by atoms with E-state index >= 15 is 0 Å². The lowest BCUT2D eigenvalue weighted by atomic mass is 10.1. The fraction of sp³-hybridized carbons (Fsp3) is 0.100. The fourth-order valence-electron chi connectivity index (χ4n) is 1.25. The van der Waals surface area contributed by atoms with Crippen LogP contribution < -0.4 is 0 Å². The van der Waals surface area contributed by atoms with E-state index in [1.54, 1.807) is 12.3 Å². The van der Waals surface area contributed by atoms with Crippen molar-refractivity contribution in [2.75, 3.05) is 0 Å². The van der Waals surface area contributed by atoms with Crippen LogP contribution in [-0.4, -0.2) is 4.98 Å². The molecule has 0 atom stereocenters. The van der Waals surface area contributed by atoms with Crippen molar-refractivity contribution in [1.29, 1.82) is 0 Å². The molecular formula is C10H8FNS. The minimum Gasteiger partial charge on any atom is -0.244 e. The molecule has 3 heteroatoms. The smallest absolute Gasteiger partial charge is 0.133 e. The molecule has 0 saturated carbocycles. The molecule has 0 N–H and O–H groups in total. The topological polar surface area (TPSA) is 12.9 Å². The highest BCUT2D eigenvalue weighted by atomic mass is 32.1. The summed E-state index contributed by atoms with van der Waals surface area (Å²) in [5, 5.41) is 2.59. The summed E-state index contributed by atoms with van der Waals surface area (Å²) in [5.74, 6) is -0.199. The second kappa shape index (κ2) is 3.26. The Morgan fingerprint density at radius 2 is 2.23 bits per heavy atom. The molecule has 1 aromatic heterocycles. The Morgan fingerprint density at radius 3 is 2.85 bits per heavy atom. The third kappa shape index (κ3) is 1.47. The summed E-state index contributed by atoms with van der Waals surface area (Å²) in [5.41, 5.74) is 1.55. The van der Waals surface area contributed by atoms with Crippen molar-refractivity contribution in [3.8, 4) is 10.6 Å². The van der Waals surface area contributed by atoms with Crippen LogP contribution in [0.1, 0.15) is 5.56 Å². The van der Waals surface area contributed by atoms with Gasteiger partial charge in [0.1, 0.15) is 10.8 Å². The van der Waals surface area contributed by atoms with Crippen molar-refractivity contribution >= 4 is 11.3 Å². The molecule has 2 aromatic rings. The summed E-state index contributed by atoms with van der Waals surface area (Å²) in [7, 11) is 0. The highest BCUT2D eigenvalue weighted by Crippen LogP contribution is 2.27. The lowest BCUT2D eigenvalue weighted by Crippen LogP contribution is -1.86. The molecular weight excluding hydrogens is 185 g/mol. The molecule has 0 aliphatic rings. The minimum absolute atomic E-state index is 0.199. The van der Waals surface area contributed by atoms with Gasteiger partial charge in [0.15, 0.2) is 0 Å². The van der Waals surface area contributed by atoms with Crippen LogP contribution in [0.2, 0.25) is 0 Å². The first kappa shape index (κ1) is 8.38. The average Bonchev–Trinajstić information content (AvgIpc) is 2.57. The predicted octanol–water partition coefficient (Wildman–Crippen LogP) is 3.26. The van der Waals surface area contributed by atoms with Gasteiger partial charge in [0.25, 0.3) is 0 Å². The largest absolute Gasteiger partial charge is 0.244 e. The third-order valence-corrected chi connectivity index (χ3v) is 2.66. The molecule has 1 nitrogen and oxygen atoms in total. The molecule has 0 aliphatic heterocycles. The molecule has 0 unspecified atom stereocenters. The Bertz CT molecular complexity index is 389. The third-order valence-electron chi connectivity index (χ3n) is 1.87. The molecule has 0 amide bonds. The Balaban J connectivity index is 2.64. The van der Waals surface area contributed by atoms with Crippen LogP contribution in [0.3, 0.4) is 0 Å². The number of thiazole rings is 1. The zero-order valence-electron chi connectivity index (χ0n) is 7.12. The van der Waals surface area contributed by atoms with Crippen molar-refractivity contribution in [2.45, 2.75) is 6.92 Å². The first-order valence-electron chi connectivity index (χ1n) is 3.94. The van der Waals surface area contributed by atoms with Gasteiger partial charge in [-0.3, -0.25) is 0 Å². The first-order chi connectivity index (χ1) is 6.29. The van der Waals surface area contributed by atoms with Gasteiger partial charge in [-0.05, 0) is 18.6 Å². The van der Waals surface area contributed by atoms with E-state index in [1.807, 2.05) is 18.4 Å². The van der Waals surface area contributed by atoms with Gasteiger partial charge < -0.3 is 0 Å². The summed E-state index contributed by atoms with van der Waals surface area (Å²) in [4.78, 5) is 4.09. The maximum atomic E-state index is 13.4. The standard InChI is InChI=1S/C10H8FNS/c1-7-3-2-4-8(11)9(7)10-12-5-6-13-10/h2-6H,1H3. The zero-order chi connectivity index (χ0) is 9.26. The van der Waals surface area contributed by atoms with Crippen LogP contribution in [0.15, 0.2) is 29.8 Å². The molecule has 0 saturated heterocycles. The summed E-state index contributed by atoms with van der Waals surface area (Å²) in [6.07, 6.45) is 1.69. The number of hydrogen-bond acceptors (Lipinski definition) is 2. The average molecular weight is 193 g/mol. The number of aromatic nitrogens is 1. The van der Waals surface area contributed by atoms with Gasteiger partial charge in [0, 0.05) is 17.1 Å². The molecule has 66 valence electrons. The second-order valence-corrected chi connectivity index (χ2v) is 3.66.